The van der Waals surface area contributed by atoms with E-state index in [4.69, 9.17) is 5.11 Å². The highest BCUT2D eigenvalue weighted by Gasteiger charge is 2.12. The van der Waals surface area contributed by atoms with Gasteiger partial charge in [0, 0.05) is 18.3 Å². The Morgan fingerprint density at radius 2 is 1.94 bits per heavy atom. The molecule has 17 heavy (non-hydrogen) atoms. The standard InChI is InChI=1S/C14H21NO2/c1-10(2)15(8-7-14(16)17)13-6-5-11(3)12(4)9-13/h5-6,9-10H,7-8H2,1-4H3,(H,16,17). The summed E-state index contributed by atoms with van der Waals surface area (Å²) in [6.07, 6.45) is 0.172. The molecule has 0 saturated heterocycles. The van der Waals surface area contributed by atoms with Gasteiger partial charge in [-0.25, -0.2) is 0 Å². The Balaban J connectivity index is 2.89. The van der Waals surface area contributed by atoms with Crippen LogP contribution in [0.5, 0.6) is 0 Å². The van der Waals surface area contributed by atoms with Crippen LogP contribution < -0.4 is 4.90 Å². The van der Waals surface area contributed by atoms with E-state index in [0.717, 1.165) is 5.69 Å². The van der Waals surface area contributed by atoms with Gasteiger partial charge in [-0.15, -0.1) is 0 Å². The van der Waals surface area contributed by atoms with Crippen LogP contribution in [-0.2, 0) is 4.79 Å². The average molecular weight is 235 g/mol. The van der Waals surface area contributed by atoms with Crippen molar-refractivity contribution in [2.45, 2.75) is 40.2 Å². The predicted octanol–water partition coefficient (Wildman–Crippen LogP) is 2.99. The summed E-state index contributed by atoms with van der Waals surface area (Å²) in [5.41, 5.74) is 3.60. The molecule has 1 aromatic carbocycles. The summed E-state index contributed by atoms with van der Waals surface area (Å²) in [4.78, 5) is 12.8. The smallest absolute Gasteiger partial charge is 0.305 e. The van der Waals surface area contributed by atoms with Crippen LogP contribution in [0.1, 0.15) is 31.4 Å². The number of benzene rings is 1. The molecule has 0 saturated carbocycles. The number of rotatable bonds is 5. The molecule has 0 amide bonds. The molecule has 3 nitrogen and oxygen atoms in total. The molecule has 0 aromatic heterocycles. The van der Waals surface area contributed by atoms with Gasteiger partial charge >= 0.3 is 5.97 Å². The maximum atomic E-state index is 10.7. The SMILES string of the molecule is Cc1ccc(N(CCC(=O)O)C(C)C)cc1C. The Morgan fingerprint density at radius 3 is 2.41 bits per heavy atom. The number of hydrogen-bond acceptors (Lipinski definition) is 2. The van der Waals surface area contributed by atoms with E-state index in [0.29, 0.717) is 12.6 Å². The van der Waals surface area contributed by atoms with E-state index in [1.54, 1.807) is 0 Å². The van der Waals surface area contributed by atoms with Crippen LogP contribution in [0.4, 0.5) is 5.69 Å². The number of anilines is 1. The van der Waals surface area contributed by atoms with Gasteiger partial charge in [0.2, 0.25) is 0 Å². The van der Waals surface area contributed by atoms with Gasteiger partial charge in [-0.3, -0.25) is 4.79 Å². The molecule has 0 aliphatic rings. The van der Waals surface area contributed by atoms with Crippen molar-refractivity contribution in [1.29, 1.82) is 0 Å². The molecule has 0 radical (unpaired) electrons. The number of carbonyl (C=O) groups is 1. The van der Waals surface area contributed by atoms with Crippen LogP contribution in [-0.4, -0.2) is 23.7 Å². The molecule has 0 bridgehead atoms. The quantitative estimate of drug-likeness (QED) is 0.853. The fourth-order valence-corrected chi connectivity index (χ4v) is 1.81. The third-order valence-electron chi connectivity index (χ3n) is 3.01. The van der Waals surface area contributed by atoms with Crippen molar-refractivity contribution >= 4 is 11.7 Å². The minimum atomic E-state index is -0.750. The van der Waals surface area contributed by atoms with E-state index >= 15 is 0 Å². The zero-order valence-corrected chi connectivity index (χ0v) is 11.0. The van der Waals surface area contributed by atoms with Crippen LogP contribution in [0.3, 0.4) is 0 Å². The number of nitrogens with zero attached hydrogens (tertiary/aromatic N) is 1. The second-order valence-electron chi connectivity index (χ2n) is 4.70. The summed E-state index contributed by atoms with van der Waals surface area (Å²) < 4.78 is 0. The van der Waals surface area contributed by atoms with Crippen LogP contribution >= 0.6 is 0 Å². The van der Waals surface area contributed by atoms with Crippen LogP contribution in [0.25, 0.3) is 0 Å². The number of carboxylic acid groups (broad SMARTS) is 1. The Morgan fingerprint density at radius 1 is 1.29 bits per heavy atom. The molecule has 94 valence electrons. The van der Waals surface area contributed by atoms with Gasteiger partial charge < -0.3 is 10.0 Å². The zero-order chi connectivity index (χ0) is 13.0. The largest absolute Gasteiger partial charge is 0.481 e. The highest BCUT2D eigenvalue weighted by Crippen LogP contribution is 2.21. The second kappa shape index (κ2) is 5.71. The van der Waals surface area contributed by atoms with Crippen molar-refractivity contribution in [2.24, 2.45) is 0 Å². The van der Waals surface area contributed by atoms with Crippen LogP contribution in [0.2, 0.25) is 0 Å². The van der Waals surface area contributed by atoms with Gasteiger partial charge in [-0.05, 0) is 51.0 Å². The van der Waals surface area contributed by atoms with Gasteiger partial charge in [-0.2, -0.15) is 0 Å². The Hall–Kier alpha value is -1.51. The topological polar surface area (TPSA) is 40.5 Å². The van der Waals surface area contributed by atoms with Gasteiger partial charge in [0.1, 0.15) is 0 Å². The fraction of sp³-hybridized carbons (Fsp3) is 0.500. The summed E-state index contributed by atoms with van der Waals surface area (Å²) in [7, 11) is 0. The molecule has 0 heterocycles. The van der Waals surface area contributed by atoms with Crippen molar-refractivity contribution < 1.29 is 9.90 Å². The van der Waals surface area contributed by atoms with E-state index in [9.17, 15) is 4.79 Å². The first-order chi connectivity index (χ1) is 7.91. The molecule has 1 rings (SSSR count). The van der Waals surface area contributed by atoms with E-state index < -0.39 is 5.97 Å². The van der Waals surface area contributed by atoms with E-state index in [-0.39, 0.29) is 6.42 Å². The van der Waals surface area contributed by atoms with Gasteiger partial charge in [0.25, 0.3) is 0 Å². The molecular weight excluding hydrogens is 214 g/mol. The molecule has 0 fully saturated rings. The number of aryl methyl sites for hydroxylation is 2. The molecule has 0 aliphatic carbocycles. The lowest BCUT2D eigenvalue weighted by molar-refractivity contribution is -0.136. The summed E-state index contributed by atoms with van der Waals surface area (Å²) in [5, 5.41) is 8.76. The molecule has 0 aliphatic heterocycles. The monoisotopic (exact) mass is 235 g/mol. The molecule has 0 unspecified atom stereocenters. The molecule has 1 N–H and O–H groups in total. The fourth-order valence-electron chi connectivity index (χ4n) is 1.81. The number of carboxylic acids is 1. The van der Waals surface area contributed by atoms with E-state index in [2.05, 4.69) is 50.8 Å². The number of aliphatic carboxylic acids is 1. The van der Waals surface area contributed by atoms with E-state index in [1.807, 2.05) is 0 Å². The lowest BCUT2D eigenvalue weighted by Crippen LogP contribution is -2.32. The summed E-state index contributed by atoms with van der Waals surface area (Å²) in [5.74, 6) is -0.750. The minimum absolute atomic E-state index is 0.172. The maximum Gasteiger partial charge on any atom is 0.305 e. The average Bonchev–Trinajstić information content (AvgIpc) is 2.22. The predicted molar refractivity (Wildman–Crippen MR) is 70.7 cm³/mol. The van der Waals surface area contributed by atoms with Crippen molar-refractivity contribution in [3.8, 4) is 0 Å². The Kier molecular flexibility index (Phi) is 4.55. The maximum absolute atomic E-state index is 10.7. The highest BCUT2D eigenvalue weighted by molar-refractivity contribution is 5.67. The Labute approximate surface area is 103 Å². The lowest BCUT2D eigenvalue weighted by atomic mass is 10.1. The molecule has 0 atom stereocenters. The first-order valence-corrected chi connectivity index (χ1v) is 5.97. The lowest BCUT2D eigenvalue weighted by Gasteiger charge is -2.29. The molecule has 1 aromatic rings. The first-order valence-electron chi connectivity index (χ1n) is 5.97. The van der Waals surface area contributed by atoms with Gasteiger partial charge in [0.15, 0.2) is 0 Å². The zero-order valence-electron chi connectivity index (χ0n) is 11.0. The summed E-state index contributed by atoms with van der Waals surface area (Å²) in [6, 6.07) is 6.57. The highest BCUT2D eigenvalue weighted by atomic mass is 16.4. The molecule has 0 spiro atoms. The van der Waals surface area contributed by atoms with Crippen LogP contribution in [0.15, 0.2) is 18.2 Å². The normalized spacial score (nSPS) is 10.6. The van der Waals surface area contributed by atoms with E-state index in [1.165, 1.54) is 11.1 Å². The number of hydrogen-bond donors (Lipinski definition) is 1. The first kappa shape index (κ1) is 13.6. The van der Waals surface area contributed by atoms with Crippen molar-refractivity contribution in [1.82, 2.24) is 0 Å². The minimum Gasteiger partial charge on any atom is -0.481 e. The van der Waals surface area contributed by atoms with Crippen molar-refractivity contribution in [3.63, 3.8) is 0 Å². The second-order valence-corrected chi connectivity index (χ2v) is 4.70. The van der Waals surface area contributed by atoms with Crippen LogP contribution in [0, 0.1) is 13.8 Å². The van der Waals surface area contributed by atoms with Crippen molar-refractivity contribution in [2.75, 3.05) is 11.4 Å². The van der Waals surface area contributed by atoms with Gasteiger partial charge in [0.05, 0.1) is 6.42 Å². The summed E-state index contributed by atoms with van der Waals surface area (Å²) in [6.45, 7) is 8.87. The van der Waals surface area contributed by atoms with Gasteiger partial charge in [-0.1, -0.05) is 6.07 Å². The summed E-state index contributed by atoms with van der Waals surface area (Å²) >= 11 is 0. The third kappa shape index (κ3) is 3.77. The Bertz CT molecular complexity index is 399. The van der Waals surface area contributed by atoms with Crippen molar-refractivity contribution in [3.05, 3.63) is 29.3 Å². The molecule has 3 heteroatoms. The third-order valence-corrected chi connectivity index (χ3v) is 3.01. The molecular formula is C14H21NO2.